The molecule has 0 bridgehead atoms. The summed E-state index contributed by atoms with van der Waals surface area (Å²) in [5.41, 5.74) is -1.33. The van der Waals surface area contributed by atoms with Crippen LogP contribution in [-0.4, -0.2) is 41.5 Å². The minimum atomic E-state index is -1.75. The first-order valence-electron chi connectivity index (χ1n) is 6.75. The molecule has 2 rings (SSSR count). The monoisotopic (exact) mass is 296 g/mol. The molecule has 0 radical (unpaired) electrons. The Morgan fingerprint density at radius 1 is 1.33 bits per heavy atom. The van der Waals surface area contributed by atoms with E-state index in [-0.39, 0.29) is 18.5 Å². The van der Waals surface area contributed by atoms with Gasteiger partial charge in [0.15, 0.2) is 11.7 Å². The molecule has 1 heterocycles. The van der Waals surface area contributed by atoms with Gasteiger partial charge in [-0.15, -0.1) is 0 Å². The van der Waals surface area contributed by atoms with E-state index in [0.717, 1.165) is 0 Å². The smallest absolute Gasteiger partial charge is 0.340 e. The van der Waals surface area contributed by atoms with Crippen LogP contribution < -0.4 is 0 Å². The van der Waals surface area contributed by atoms with Gasteiger partial charge in [-0.1, -0.05) is 37.3 Å². The molecule has 1 aromatic rings. The molecule has 0 aliphatic carbocycles. The van der Waals surface area contributed by atoms with Crippen molar-refractivity contribution in [2.75, 3.05) is 13.2 Å². The molecule has 6 nitrogen and oxygen atoms in total. The van der Waals surface area contributed by atoms with E-state index in [9.17, 15) is 14.7 Å². The van der Waals surface area contributed by atoms with Crippen LogP contribution in [0.15, 0.2) is 30.3 Å². The van der Waals surface area contributed by atoms with Crippen molar-refractivity contribution in [2.24, 2.45) is 0 Å². The lowest BCUT2D eigenvalue weighted by atomic mass is 9.91. The van der Waals surface area contributed by atoms with Gasteiger partial charge in [0.1, 0.15) is 0 Å². The third-order valence-corrected chi connectivity index (χ3v) is 3.00. The molecule has 0 spiro atoms. The second-order valence-electron chi connectivity index (χ2n) is 4.46. The Morgan fingerprint density at radius 3 is 2.29 bits per heavy atom. The summed E-state index contributed by atoms with van der Waals surface area (Å²) in [5, 5.41) is 18.6. The zero-order valence-electron chi connectivity index (χ0n) is 12.1. The highest BCUT2D eigenvalue weighted by molar-refractivity contribution is 5.79. The summed E-state index contributed by atoms with van der Waals surface area (Å²) in [7, 11) is 0. The summed E-state index contributed by atoms with van der Waals surface area (Å²) in [6, 6.07) is 8.41. The van der Waals surface area contributed by atoms with Gasteiger partial charge in [0.05, 0.1) is 13.2 Å². The van der Waals surface area contributed by atoms with E-state index in [1.165, 1.54) is 0 Å². The van der Waals surface area contributed by atoms with Gasteiger partial charge in [-0.25, -0.2) is 9.59 Å². The maximum atomic E-state index is 10.8. The van der Waals surface area contributed by atoms with Crippen LogP contribution in [0.25, 0.3) is 0 Å². The van der Waals surface area contributed by atoms with Crippen LogP contribution in [0.5, 0.6) is 0 Å². The maximum Gasteiger partial charge on any atom is 0.340 e. The van der Waals surface area contributed by atoms with E-state index in [1.807, 2.05) is 0 Å². The standard InChI is InChI=1S/C10H12O3.C5H8O3/c1-2-10(13,9(11)12)8-6-4-3-5-7-8;1-2-7-5(6)4-3-8-4/h3-7,13H,2H2,1H3,(H,11,12);4H,2-3H2,1H3. The van der Waals surface area contributed by atoms with Crippen LogP contribution in [0, 0.1) is 0 Å². The molecule has 1 aliphatic rings. The van der Waals surface area contributed by atoms with Crippen LogP contribution in [0.3, 0.4) is 0 Å². The van der Waals surface area contributed by atoms with Gasteiger partial charge >= 0.3 is 11.9 Å². The largest absolute Gasteiger partial charge is 0.479 e. The van der Waals surface area contributed by atoms with E-state index < -0.39 is 11.6 Å². The second-order valence-corrected chi connectivity index (χ2v) is 4.46. The summed E-state index contributed by atoms with van der Waals surface area (Å²) in [4.78, 5) is 21.3. The SMILES string of the molecule is CCC(O)(C(=O)O)c1ccccc1.CCOC(=O)C1CO1. The van der Waals surface area contributed by atoms with Crippen LogP contribution in [0.2, 0.25) is 0 Å². The zero-order chi connectivity index (χ0) is 15.9. The normalized spacial score (nSPS) is 18.7. The first kappa shape index (κ1) is 17.1. The predicted molar refractivity (Wildman–Crippen MR) is 74.6 cm³/mol. The van der Waals surface area contributed by atoms with Gasteiger partial charge in [0, 0.05) is 0 Å². The first-order valence-corrected chi connectivity index (χ1v) is 6.75. The summed E-state index contributed by atoms with van der Waals surface area (Å²) in [5.74, 6) is -1.44. The molecule has 0 amide bonds. The molecule has 1 aromatic carbocycles. The van der Waals surface area contributed by atoms with Gasteiger partial charge < -0.3 is 19.7 Å². The Morgan fingerprint density at radius 2 is 1.90 bits per heavy atom. The quantitative estimate of drug-likeness (QED) is 0.628. The van der Waals surface area contributed by atoms with Crippen LogP contribution in [0.4, 0.5) is 0 Å². The lowest BCUT2D eigenvalue weighted by molar-refractivity contribution is -0.160. The van der Waals surface area contributed by atoms with Crippen molar-refractivity contribution < 1.29 is 29.3 Å². The molecule has 2 unspecified atom stereocenters. The summed E-state index contributed by atoms with van der Waals surface area (Å²) >= 11 is 0. The molecule has 0 aromatic heterocycles. The van der Waals surface area contributed by atoms with Gasteiger partial charge in [-0.2, -0.15) is 0 Å². The zero-order valence-corrected chi connectivity index (χ0v) is 12.1. The number of rotatable bonds is 5. The summed E-state index contributed by atoms with van der Waals surface area (Å²) in [6.07, 6.45) is -0.0817. The lowest BCUT2D eigenvalue weighted by Crippen LogP contribution is -2.34. The Kier molecular flexibility index (Phi) is 6.33. The number of ether oxygens (including phenoxy) is 2. The number of esters is 1. The number of hydrogen-bond acceptors (Lipinski definition) is 5. The fraction of sp³-hybridized carbons (Fsp3) is 0.467. The average molecular weight is 296 g/mol. The van der Waals surface area contributed by atoms with Crippen molar-refractivity contribution >= 4 is 11.9 Å². The number of benzene rings is 1. The number of aliphatic carboxylic acids is 1. The number of aliphatic hydroxyl groups is 1. The number of hydrogen-bond donors (Lipinski definition) is 2. The topological polar surface area (TPSA) is 96.4 Å². The average Bonchev–Trinajstić information content (AvgIpc) is 3.33. The van der Waals surface area contributed by atoms with Crippen LogP contribution in [-0.2, 0) is 24.7 Å². The maximum absolute atomic E-state index is 10.8. The molecule has 1 saturated heterocycles. The van der Waals surface area contributed by atoms with E-state index >= 15 is 0 Å². The Hall–Kier alpha value is -1.92. The Bertz CT molecular complexity index is 468. The molecule has 6 heteroatoms. The predicted octanol–water partition coefficient (Wildman–Crippen LogP) is 1.32. The molecule has 2 N–H and O–H groups in total. The van der Waals surface area contributed by atoms with Crippen molar-refractivity contribution in [2.45, 2.75) is 32.0 Å². The van der Waals surface area contributed by atoms with Crippen LogP contribution in [0.1, 0.15) is 25.8 Å². The van der Waals surface area contributed by atoms with E-state index in [4.69, 9.17) is 5.11 Å². The van der Waals surface area contributed by atoms with E-state index in [0.29, 0.717) is 18.8 Å². The molecule has 2 atom stereocenters. The molecule has 21 heavy (non-hydrogen) atoms. The van der Waals surface area contributed by atoms with Gasteiger partial charge in [-0.3, -0.25) is 0 Å². The lowest BCUT2D eigenvalue weighted by Gasteiger charge is -2.21. The molecule has 1 fully saturated rings. The third-order valence-electron chi connectivity index (χ3n) is 3.00. The molecular weight excluding hydrogens is 276 g/mol. The number of carbonyl (C=O) groups is 2. The van der Waals surface area contributed by atoms with Crippen molar-refractivity contribution in [1.29, 1.82) is 0 Å². The van der Waals surface area contributed by atoms with Gasteiger partial charge in [0.2, 0.25) is 0 Å². The molecule has 0 saturated carbocycles. The minimum absolute atomic E-state index is 0.159. The Labute approximate surface area is 123 Å². The van der Waals surface area contributed by atoms with E-state index in [1.54, 1.807) is 44.2 Å². The number of carbonyl (C=O) groups excluding carboxylic acids is 1. The van der Waals surface area contributed by atoms with Gasteiger partial charge in [0.25, 0.3) is 0 Å². The number of epoxide rings is 1. The highest BCUT2D eigenvalue weighted by Gasteiger charge is 2.35. The highest BCUT2D eigenvalue weighted by atomic mass is 16.6. The molecule has 1 aliphatic heterocycles. The fourth-order valence-electron chi connectivity index (χ4n) is 1.61. The number of carboxylic acid groups (broad SMARTS) is 1. The summed E-state index contributed by atoms with van der Waals surface area (Å²) in [6.45, 7) is 4.40. The third kappa shape index (κ3) is 4.84. The van der Waals surface area contributed by atoms with Crippen LogP contribution >= 0.6 is 0 Å². The van der Waals surface area contributed by atoms with Gasteiger partial charge in [-0.05, 0) is 18.9 Å². The van der Waals surface area contributed by atoms with Crippen molar-refractivity contribution in [3.05, 3.63) is 35.9 Å². The molecule has 116 valence electrons. The van der Waals surface area contributed by atoms with E-state index in [2.05, 4.69) is 9.47 Å². The summed E-state index contributed by atoms with van der Waals surface area (Å²) < 4.78 is 9.25. The first-order chi connectivity index (χ1) is 9.95. The Balaban J connectivity index is 0.000000235. The van der Waals surface area contributed by atoms with Crippen molar-refractivity contribution in [1.82, 2.24) is 0 Å². The minimum Gasteiger partial charge on any atom is -0.479 e. The molecular formula is C15H20O6. The van der Waals surface area contributed by atoms with Crippen molar-refractivity contribution in [3.63, 3.8) is 0 Å². The number of carboxylic acids is 1. The highest BCUT2D eigenvalue weighted by Crippen LogP contribution is 2.24. The fourth-order valence-corrected chi connectivity index (χ4v) is 1.61. The second kappa shape index (κ2) is 7.75. The van der Waals surface area contributed by atoms with Crippen molar-refractivity contribution in [3.8, 4) is 0 Å².